The zero-order chi connectivity index (χ0) is 61.2. The van der Waals surface area contributed by atoms with E-state index in [4.69, 9.17) is 18.5 Å². The Morgan fingerprint density at radius 2 is 0.679 bits per heavy atom. The molecule has 2 atom stereocenters. The molecular formula is C74H135NO8P+. The fourth-order valence-corrected chi connectivity index (χ4v) is 10.8. The highest BCUT2D eigenvalue weighted by Gasteiger charge is 2.27. The molecule has 9 nitrogen and oxygen atoms in total. The van der Waals surface area contributed by atoms with Gasteiger partial charge in [-0.1, -0.05) is 304 Å². The number of hydrogen-bond donors (Lipinski definition) is 1. The van der Waals surface area contributed by atoms with E-state index < -0.39 is 26.5 Å². The Morgan fingerprint density at radius 1 is 0.381 bits per heavy atom. The molecule has 0 rings (SSSR count). The molecule has 0 saturated carbocycles. The molecule has 84 heavy (non-hydrogen) atoms. The van der Waals surface area contributed by atoms with Crippen molar-refractivity contribution in [1.82, 2.24) is 0 Å². The Labute approximate surface area is 520 Å². The molecule has 0 aromatic heterocycles. The van der Waals surface area contributed by atoms with E-state index in [9.17, 15) is 19.0 Å². The third-order valence-corrected chi connectivity index (χ3v) is 16.4. The summed E-state index contributed by atoms with van der Waals surface area (Å²) in [6.07, 6.45) is 88.4. The minimum absolute atomic E-state index is 0.0293. The molecule has 0 aromatic rings. The predicted molar refractivity (Wildman–Crippen MR) is 362 cm³/mol. The molecule has 0 radical (unpaired) electrons. The van der Waals surface area contributed by atoms with Crippen molar-refractivity contribution in [3.8, 4) is 0 Å². The van der Waals surface area contributed by atoms with Crippen LogP contribution in [-0.4, -0.2) is 74.9 Å². The van der Waals surface area contributed by atoms with E-state index in [1.807, 2.05) is 21.1 Å². The molecule has 0 aromatic carbocycles. The van der Waals surface area contributed by atoms with Crippen LogP contribution in [0, 0.1) is 0 Å². The molecule has 0 aliphatic carbocycles. The number of ether oxygens (including phenoxy) is 2. The molecule has 0 aliphatic rings. The highest BCUT2D eigenvalue weighted by atomic mass is 31.2. The fourth-order valence-electron chi connectivity index (χ4n) is 10.0. The van der Waals surface area contributed by atoms with Crippen LogP contribution in [0.15, 0.2) is 85.1 Å². The van der Waals surface area contributed by atoms with Crippen molar-refractivity contribution in [2.75, 3.05) is 47.5 Å². The second kappa shape index (κ2) is 64.7. The minimum atomic E-state index is -4.39. The number of hydrogen-bond acceptors (Lipinski definition) is 7. The van der Waals surface area contributed by atoms with Gasteiger partial charge in [0.05, 0.1) is 27.7 Å². The molecule has 0 spiro atoms. The number of esters is 2. The average Bonchev–Trinajstić information content (AvgIpc) is 3.61. The quantitative estimate of drug-likeness (QED) is 0.0211. The summed E-state index contributed by atoms with van der Waals surface area (Å²) in [6.45, 7) is 4.34. The van der Waals surface area contributed by atoms with Crippen LogP contribution >= 0.6 is 7.82 Å². The third-order valence-electron chi connectivity index (χ3n) is 15.4. The topological polar surface area (TPSA) is 108 Å². The largest absolute Gasteiger partial charge is 0.472 e. The summed E-state index contributed by atoms with van der Waals surface area (Å²) in [5.41, 5.74) is 0. The van der Waals surface area contributed by atoms with Gasteiger partial charge in [-0.15, -0.1) is 0 Å². The normalized spacial score (nSPS) is 13.6. The summed E-state index contributed by atoms with van der Waals surface area (Å²) < 4.78 is 34.7. The fraction of sp³-hybridized carbons (Fsp3) is 0.784. The van der Waals surface area contributed by atoms with Gasteiger partial charge in [-0.2, -0.15) is 0 Å². The lowest BCUT2D eigenvalue weighted by atomic mass is 10.0. The van der Waals surface area contributed by atoms with Gasteiger partial charge >= 0.3 is 19.8 Å². The second-order valence-electron chi connectivity index (χ2n) is 24.9. The lowest BCUT2D eigenvalue weighted by molar-refractivity contribution is -0.870. The summed E-state index contributed by atoms with van der Waals surface area (Å²) in [6, 6.07) is 0. The lowest BCUT2D eigenvalue weighted by Crippen LogP contribution is -2.37. The Morgan fingerprint density at radius 3 is 1.01 bits per heavy atom. The van der Waals surface area contributed by atoms with Crippen molar-refractivity contribution < 1.29 is 42.1 Å². The number of phosphoric acid groups is 1. The van der Waals surface area contributed by atoms with Crippen molar-refractivity contribution in [1.29, 1.82) is 0 Å². The first-order chi connectivity index (χ1) is 41.0. The maximum Gasteiger partial charge on any atom is 0.472 e. The SMILES string of the molecule is CC/C=C\C/C=C\C/C=C\C/C=C\CCCCCCCCCCCCC(=O)OC(COC(=O)CCCCCCCCCCCCCCCCCCCCCCCC/C=C\C/C=C\C/C=C\CCCCCCC)COP(=O)(O)OCC[N+](C)(C)C. The molecule has 1 N–H and O–H groups in total. The van der Waals surface area contributed by atoms with Gasteiger partial charge in [-0.25, -0.2) is 4.57 Å². The molecule has 0 aliphatic heterocycles. The van der Waals surface area contributed by atoms with Crippen molar-refractivity contribution >= 4 is 19.8 Å². The van der Waals surface area contributed by atoms with Crippen LogP contribution in [0.4, 0.5) is 0 Å². The van der Waals surface area contributed by atoms with E-state index in [1.165, 1.54) is 205 Å². The van der Waals surface area contributed by atoms with Crippen molar-refractivity contribution in [2.45, 2.75) is 328 Å². The minimum Gasteiger partial charge on any atom is -0.462 e. The zero-order valence-electron chi connectivity index (χ0n) is 55.6. The number of quaternary nitrogens is 1. The summed E-state index contributed by atoms with van der Waals surface area (Å²) in [5.74, 6) is -0.792. The number of likely N-dealkylation sites (N-methyl/N-ethyl adjacent to an activating group) is 1. The van der Waals surface area contributed by atoms with Crippen molar-refractivity contribution in [3.05, 3.63) is 85.1 Å². The molecule has 0 amide bonds. The number of unbranched alkanes of at least 4 members (excludes halogenated alkanes) is 37. The number of nitrogens with zero attached hydrogens (tertiary/aromatic N) is 1. The van der Waals surface area contributed by atoms with Crippen LogP contribution in [0.5, 0.6) is 0 Å². The first-order valence-corrected chi connectivity index (χ1v) is 36.8. The van der Waals surface area contributed by atoms with Crippen LogP contribution in [0.1, 0.15) is 322 Å². The summed E-state index contributed by atoms with van der Waals surface area (Å²) in [7, 11) is 1.48. The first-order valence-electron chi connectivity index (χ1n) is 35.3. The van der Waals surface area contributed by atoms with Crippen LogP contribution in [0.2, 0.25) is 0 Å². The number of allylic oxidation sites excluding steroid dienone is 14. The number of carbonyl (C=O) groups is 2. The highest BCUT2D eigenvalue weighted by molar-refractivity contribution is 7.47. The van der Waals surface area contributed by atoms with E-state index in [0.717, 1.165) is 83.5 Å². The average molecular weight is 1200 g/mol. The molecule has 2 unspecified atom stereocenters. The van der Waals surface area contributed by atoms with E-state index in [2.05, 4.69) is 98.9 Å². The monoisotopic (exact) mass is 1200 g/mol. The Balaban J connectivity index is 3.97. The van der Waals surface area contributed by atoms with Crippen LogP contribution in [0.3, 0.4) is 0 Å². The van der Waals surface area contributed by atoms with E-state index >= 15 is 0 Å². The van der Waals surface area contributed by atoms with Gasteiger partial charge in [-0.3, -0.25) is 18.6 Å². The number of phosphoric ester groups is 1. The Bertz CT molecular complexity index is 1690. The van der Waals surface area contributed by atoms with Gasteiger partial charge < -0.3 is 18.9 Å². The van der Waals surface area contributed by atoms with E-state index in [1.54, 1.807) is 0 Å². The molecule has 488 valence electrons. The maximum absolute atomic E-state index is 12.9. The molecule has 10 heteroatoms. The maximum atomic E-state index is 12.9. The van der Waals surface area contributed by atoms with Crippen LogP contribution < -0.4 is 0 Å². The van der Waals surface area contributed by atoms with Gasteiger partial charge in [-0.05, 0) is 89.9 Å². The van der Waals surface area contributed by atoms with E-state index in [-0.39, 0.29) is 32.0 Å². The Kier molecular flexibility index (Phi) is 62.5. The summed E-state index contributed by atoms with van der Waals surface area (Å²) in [4.78, 5) is 35.9. The van der Waals surface area contributed by atoms with E-state index in [0.29, 0.717) is 17.4 Å². The third kappa shape index (κ3) is 68.3. The van der Waals surface area contributed by atoms with Gasteiger partial charge in [0.2, 0.25) is 0 Å². The van der Waals surface area contributed by atoms with Gasteiger partial charge in [0.1, 0.15) is 19.8 Å². The Hall–Kier alpha value is -2.81. The van der Waals surface area contributed by atoms with Crippen LogP contribution in [0.25, 0.3) is 0 Å². The predicted octanol–water partition coefficient (Wildman–Crippen LogP) is 22.9. The number of carbonyl (C=O) groups excluding carboxylic acids is 2. The van der Waals surface area contributed by atoms with Gasteiger partial charge in [0.25, 0.3) is 0 Å². The van der Waals surface area contributed by atoms with Gasteiger partial charge in [0, 0.05) is 12.8 Å². The van der Waals surface area contributed by atoms with Gasteiger partial charge in [0.15, 0.2) is 6.10 Å². The molecular weight excluding hydrogens is 1060 g/mol. The van der Waals surface area contributed by atoms with Crippen molar-refractivity contribution in [3.63, 3.8) is 0 Å². The molecule has 0 fully saturated rings. The molecule has 0 saturated heterocycles. The molecule has 0 bridgehead atoms. The first kappa shape index (κ1) is 81.2. The van der Waals surface area contributed by atoms with Crippen molar-refractivity contribution in [2.24, 2.45) is 0 Å². The second-order valence-corrected chi connectivity index (χ2v) is 26.3. The molecule has 0 heterocycles. The standard InChI is InChI=1S/C74H134NO8P/c1-6-8-10-12-14-16-18-20-22-24-26-28-30-31-32-33-34-35-36-37-38-39-40-41-42-43-45-46-48-50-52-54-56-58-60-62-64-66-73(76)80-70-72(71-82-84(78,79)81-69-68-75(3,4)5)83-74(77)67-65-63-61-59-57-55-53-51-49-47-44-29-27-25-23-21-19-17-15-13-11-9-7-2/h9,11,15,17-18,20-21,23-24,26-27,29-31,72H,6-8,10,12-14,16,19,22,25,28,32-71H2,1-5H3/p+1/b11-9-,17-15-,20-18-,23-21-,26-24-,29-27-,31-30-. The highest BCUT2D eigenvalue weighted by Crippen LogP contribution is 2.43. The summed E-state index contributed by atoms with van der Waals surface area (Å²) in [5, 5.41) is 0. The van der Waals surface area contributed by atoms with Crippen LogP contribution in [-0.2, 0) is 32.7 Å². The lowest BCUT2D eigenvalue weighted by Gasteiger charge is -2.24. The number of rotatable bonds is 65. The summed E-state index contributed by atoms with van der Waals surface area (Å²) >= 11 is 0. The smallest absolute Gasteiger partial charge is 0.462 e. The zero-order valence-corrected chi connectivity index (χ0v) is 56.5.